The van der Waals surface area contributed by atoms with E-state index in [1.54, 1.807) is 20.0 Å². The number of rotatable bonds is 6. The summed E-state index contributed by atoms with van der Waals surface area (Å²) in [6.07, 6.45) is 5.02. The van der Waals surface area contributed by atoms with E-state index in [9.17, 15) is 4.79 Å². The molecule has 2 heterocycles. The van der Waals surface area contributed by atoms with Crippen LogP contribution in [0.25, 0.3) is 11.0 Å². The molecule has 0 aliphatic carbocycles. The maximum atomic E-state index is 12.0. The number of ether oxygens (including phenoxy) is 1. The largest absolute Gasteiger partial charge is 0.462 e. The minimum Gasteiger partial charge on any atom is -0.462 e. The lowest BCUT2D eigenvalue weighted by atomic mass is 10.1. The molecule has 2 aromatic heterocycles. The summed E-state index contributed by atoms with van der Waals surface area (Å²) < 4.78 is 6.89. The van der Waals surface area contributed by atoms with Gasteiger partial charge in [0.15, 0.2) is 5.65 Å². The van der Waals surface area contributed by atoms with E-state index in [1.165, 1.54) is 0 Å². The summed E-state index contributed by atoms with van der Waals surface area (Å²) in [5.41, 5.74) is 8.18. The Bertz CT molecular complexity index is 649. The second-order valence-electron chi connectivity index (χ2n) is 5.02. The molecule has 6 nitrogen and oxygen atoms in total. The zero-order chi connectivity index (χ0) is 15.4. The van der Waals surface area contributed by atoms with Crippen molar-refractivity contribution in [3.63, 3.8) is 0 Å². The minimum atomic E-state index is -0.430. The lowest BCUT2D eigenvalue weighted by molar-refractivity contribution is 0.0526. The molecule has 0 amide bonds. The molecule has 0 aliphatic rings. The fourth-order valence-electron chi connectivity index (χ4n) is 2.37. The van der Waals surface area contributed by atoms with Gasteiger partial charge < -0.3 is 10.5 Å². The molecule has 0 aromatic carbocycles. The number of aryl methyl sites for hydroxylation is 2. The fraction of sp³-hybridized carbons (Fsp3) is 0.533. The molecule has 0 radical (unpaired) electrons. The van der Waals surface area contributed by atoms with E-state index in [2.05, 4.69) is 17.0 Å². The van der Waals surface area contributed by atoms with Gasteiger partial charge in [0.25, 0.3) is 0 Å². The summed E-state index contributed by atoms with van der Waals surface area (Å²) in [5, 5.41) is 5.05. The number of aromatic nitrogens is 3. The molecule has 2 rings (SSSR count). The van der Waals surface area contributed by atoms with Crippen LogP contribution in [0.1, 0.15) is 49.2 Å². The van der Waals surface area contributed by atoms with Crippen molar-refractivity contribution in [2.24, 2.45) is 0 Å². The molecule has 0 fully saturated rings. The van der Waals surface area contributed by atoms with Crippen LogP contribution in [0.2, 0.25) is 0 Å². The van der Waals surface area contributed by atoms with E-state index >= 15 is 0 Å². The van der Waals surface area contributed by atoms with E-state index in [1.807, 2.05) is 4.68 Å². The third-order valence-electron chi connectivity index (χ3n) is 3.46. The molecule has 6 heteroatoms. The monoisotopic (exact) mass is 290 g/mol. The molecular weight excluding hydrogens is 268 g/mol. The van der Waals surface area contributed by atoms with E-state index < -0.39 is 5.97 Å². The molecule has 0 bridgehead atoms. The molecule has 0 unspecified atom stereocenters. The van der Waals surface area contributed by atoms with Crippen LogP contribution in [0.15, 0.2) is 6.20 Å². The lowest BCUT2D eigenvalue weighted by Gasteiger charge is -2.10. The SMILES string of the molecule is CCCCCn1ncc2c(N)c(C(=O)OCC)c(C)nc21. The zero-order valence-electron chi connectivity index (χ0n) is 12.8. The van der Waals surface area contributed by atoms with Crippen molar-refractivity contribution in [2.75, 3.05) is 12.3 Å². The number of fused-ring (bicyclic) bond motifs is 1. The van der Waals surface area contributed by atoms with Gasteiger partial charge in [0, 0.05) is 6.54 Å². The first-order valence-corrected chi connectivity index (χ1v) is 7.38. The Labute approximate surface area is 124 Å². The van der Waals surface area contributed by atoms with Crippen LogP contribution in [-0.4, -0.2) is 27.3 Å². The predicted octanol–water partition coefficient (Wildman–Crippen LogP) is 2.69. The summed E-state index contributed by atoms with van der Waals surface area (Å²) in [4.78, 5) is 16.5. The Morgan fingerprint density at radius 3 is 2.81 bits per heavy atom. The normalized spacial score (nSPS) is 11.0. The van der Waals surface area contributed by atoms with Crippen LogP contribution in [0.4, 0.5) is 5.69 Å². The molecule has 21 heavy (non-hydrogen) atoms. The number of hydrogen-bond donors (Lipinski definition) is 1. The topological polar surface area (TPSA) is 83.0 Å². The van der Waals surface area contributed by atoms with Crippen LogP contribution in [0, 0.1) is 6.92 Å². The molecule has 0 aliphatic heterocycles. The number of pyridine rings is 1. The first-order chi connectivity index (χ1) is 10.1. The van der Waals surface area contributed by atoms with Gasteiger partial charge in [0.2, 0.25) is 0 Å². The van der Waals surface area contributed by atoms with Crippen LogP contribution >= 0.6 is 0 Å². The lowest BCUT2D eigenvalue weighted by Crippen LogP contribution is -2.12. The molecule has 0 saturated heterocycles. The van der Waals surface area contributed by atoms with E-state index in [4.69, 9.17) is 10.5 Å². The van der Waals surface area contributed by atoms with Gasteiger partial charge in [-0.25, -0.2) is 14.5 Å². The van der Waals surface area contributed by atoms with Crippen LogP contribution in [0.5, 0.6) is 0 Å². The highest BCUT2D eigenvalue weighted by Gasteiger charge is 2.20. The molecule has 2 aromatic rings. The van der Waals surface area contributed by atoms with Gasteiger partial charge in [-0.15, -0.1) is 0 Å². The summed E-state index contributed by atoms with van der Waals surface area (Å²) in [6, 6.07) is 0. The number of nitrogens with zero attached hydrogens (tertiary/aromatic N) is 3. The van der Waals surface area contributed by atoms with Crippen LogP contribution in [-0.2, 0) is 11.3 Å². The average Bonchev–Trinajstić information content (AvgIpc) is 2.83. The standard InChI is InChI=1S/C15H22N4O2/c1-4-6-7-8-19-14-11(9-17-19)13(16)12(10(3)18-14)15(20)21-5-2/h9H,4-8H2,1-3H3,(H2,16,18). The van der Waals surface area contributed by atoms with E-state index in [-0.39, 0.29) is 0 Å². The Hall–Kier alpha value is -2.11. The number of nitrogen functional groups attached to an aromatic ring is 1. The fourth-order valence-corrected chi connectivity index (χ4v) is 2.37. The van der Waals surface area contributed by atoms with Gasteiger partial charge in [-0.1, -0.05) is 19.8 Å². The highest BCUT2D eigenvalue weighted by Crippen LogP contribution is 2.26. The first-order valence-electron chi connectivity index (χ1n) is 7.38. The average molecular weight is 290 g/mol. The van der Waals surface area contributed by atoms with Crippen LogP contribution < -0.4 is 5.73 Å². The Morgan fingerprint density at radius 1 is 1.38 bits per heavy atom. The van der Waals surface area contributed by atoms with Gasteiger partial charge in [0.05, 0.1) is 29.6 Å². The number of hydrogen-bond acceptors (Lipinski definition) is 5. The molecule has 2 N–H and O–H groups in total. The third-order valence-corrected chi connectivity index (χ3v) is 3.46. The highest BCUT2D eigenvalue weighted by atomic mass is 16.5. The van der Waals surface area contributed by atoms with E-state index in [0.717, 1.165) is 31.5 Å². The predicted molar refractivity (Wildman–Crippen MR) is 82.2 cm³/mol. The zero-order valence-corrected chi connectivity index (χ0v) is 12.8. The summed E-state index contributed by atoms with van der Waals surface area (Å²) in [7, 11) is 0. The number of anilines is 1. The van der Waals surface area contributed by atoms with Crippen molar-refractivity contribution in [3.8, 4) is 0 Å². The van der Waals surface area contributed by atoms with Crippen molar-refractivity contribution in [1.82, 2.24) is 14.8 Å². The Kier molecular flexibility index (Phi) is 4.77. The quantitative estimate of drug-likeness (QED) is 0.653. The molecule has 114 valence electrons. The molecule has 0 spiro atoms. The molecule has 0 atom stereocenters. The van der Waals surface area contributed by atoms with Crippen molar-refractivity contribution in [3.05, 3.63) is 17.5 Å². The number of nitrogens with two attached hydrogens (primary N) is 1. The van der Waals surface area contributed by atoms with Crippen LogP contribution in [0.3, 0.4) is 0 Å². The molecule has 0 saturated carbocycles. The van der Waals surface area contributed by atoms with Gasteiger partial charge in [-0.3, -0.25) is 0 Å². The van der Waals surface area contributed by atoms with Gasteiger partial charge in [-0.05, 0) is 20.3 Å². The number of unbranched alkanes of at least 4 members (excludes halogenated alkanes) is 2. The van der Waals surface area contributed by atoms with Gasteiger partial charge in [-0.2, -0.15) is 5.10 Å². The van der Waals surface area contributed by atoms with Crippen molar-refractivity contribution in [1.29, 1.82) is 0 Å². The Balaban J connectivity index is 2.42. The Morgan fingerprint density at radius 2 is 2.14 bits per heavy atom. The second-order valence-corrected chi connectivity index (χ2v) is 5.02. The number of carbonyl (C=O) groups is 1. The van der Waals surface area contributed by atoms with Gasteiger partial charge >= 0.3 is 5.97 Å². The third kappa shape index (κ3) is 2.99. The van der Waals surface area contributed by atoms with Crippen molar-refractivity contribution in [2.45, 2.75) is 46.6 Å². The summed E-state index contributed by atoms with van der Waals surface area (Å²) in [5.74, 6) is -0.430. The highest BCUT2D eigenvalue weighted by molar-refractivity contribution is 6.04. The number of esters is 1. The maximum absolute atomic E-state index is 12.0. The summed E-state index contributed by atoms with van der Waals surface area (Å²) in [6.45, 7) is 6.81. The summed E-state index contributed by atoms with van der Waals surface area (Å²) >= 11 is 0. The smallest absolute Gasteiger partial charge is 0.342 e. The number of carbonyl (C=O) groups excluding carboxylic acids is 1. The van der Waals surface area contributed by atoms with Crippen molar-refractivity contribution >= 4 is 22.7 Å². The second kappa shape index (κ2) is 6.56. The van der Waals surface area contributed by atoms with Gasteiger partial charge in [0.1, 0.15) is 5.56 Å². The first kappa shape index (κ1) is 15.3. The van der Waals surface area contributed by atoms with E-state index in [0.29, 0.717) is 28.9 Å². The minimum absolute atomic E-state index is 0.312. The molecular formula is C15H22N4O2. The maximum Gasteiger partial charge on any atom is 0.342 e. The van der Waals surface area contributed by atoms with Crippen molar-refractivity contribution < 1.29 is 9.53 Å².